The minimum absolute atomic E-state index is 0. The molecule has 1 aliphatic heterocycles. The number of amides is 1. The lowest BCUT2D eigenvalue weighted by atomic mass is 10.1. The summed E-state index contributed by atoms with van der Waals surface area (Å²) in [4.78, 5) is 22.4. The Bertz CT molecular complexity index is 859. The van der Waals surface area contributed by atoms with Crippen LogP contribution in [0.25, 0.3) is 0 Å². The van der Waals surface area contributed by atoms with E-state index in [1.165, 1.54) is 6.33 Å². The third-order valence-corrected chi connectivity index (χ3v) is 4.44. The number of rotatable bonds is 6. The summed E-state index contributed by atoms with van der Waals surface area (Å²) < 4.78 is 7.19. The van der Waals surface area contributed by atoms with E-state index in [-0.39, 0.29) is 36.1 Å². The van der Waals surface area contributed by atoms with Crippen molar-refractivity contribution in [3.8, 4) is 0 Å². The number of ether oxygens (including phenoxy) is 1. The minimum Gasteiger partial charge on any atom is -0.444 e. The van der Waals surface area contributed by atoms with Gasteiger partial charge in [-0.1, -0.05) is 24.3 Å². The van der Waals surface area contributed by atoms with Crippen LogP contribution in [0.15, 0.2) is 41.9 Å². The van der Waals surface area contributed by atoms with Crippen molar-refractivity contribution in [1.29, 1.82) is 0 Å². The molecule has 31 heavy (non-hydrogen) atoms. The number of likely N-dealkylation sites (tertiary alicyclic amines) is 1. The van der Waals surface area contributed by atoms with Crippen molar-refractivity contribution in [2.75, 3.05) is 19.6 Å². The van der Waals surface area contributed by atoms with Crippen LogP contribution < -0.4 is 10.6 Å². The van der Waals surface area contributed by atoms with Gasteiger partial charge in [-0.25, -0.2) is 19.5 Å². The van der Waals surface area contributed by atoms with Gasteiger partial charge >= 0.3 is 6.09 Å². The van der Waals surface area contributed by atoms with Crippen LogP contribution in [0.5, 0.6) is 0 Å². The molecule has 1 amide bonds. The number of halogens is 1. The van der Waals surface area contributed by atoms with Crippen molar-refractivity contribution in [2.24, 2.45) is 4.99 Å². The van der Waals surface area contributed by atoms with Gasteiger partial charge in [0.25, 0.3) is 0 Å². The molecule has 2 aromatic rings. The van der Waals surface area contributed by atoms with Crippen molar-refractivity contribution >= 4 is 36.0 Å². The molecule has 1 fully saturated rings. The van der Waals surface area contributed by atoms with Crippen molar-refractivity contribution < 1.29 is 9.53 Å². The van der Waals surface area contributed by atoms with Gasteiger partial charge in [0.05, 0.1) is 19.1 Å². The molecule has 1 aliphatic rings. The van der Waals surface area contributed by atoms with Crippen molar-refractivity contribution in [1.82, 2.24) is 30.3 Å². The highest BCUT2D eigenvalue weighted by Crippen LogP contribution is 2.15. The first-order chi connectivity index (χ1) is 14.3. The predicted molar refractivity (Wildman–Crippen MR) is 131 cm³/mol. The van der Waals surface area contributed by atoms with E-state index in [0.29, 0.717) is 26.2 Å². The van der Waals surface area contributed by atoms with Crippen LogP contribution in [0, 0.1) is 0 Å². The number of guanidine groups is 1. The van der Waals surface area contributed by atoms with Crippen LogP contribution >= 0.6 is 24.0 Å². The second kappa shape index (κ2) is 11.3. The summed E-state index contributed by atoms with van der Waals surface area (Å²) in [5, 5.41) is 10.8. The van der Waals surface area contributed by atoms with Crippen molar-refractivity contribution in [2.45, 2.75) is 52.4 Å². The molecule has 1 aromatic heterocycles. The number of carbonyl (C=O) groups is 1. The average molecular weight is 541 g/mol. The lowest BCUT2D eigenvalue weighted by Crippen LogP contribution is -2.63. The van der Waals surface area contributed by atoms with Crippen molar-refractivity contribution in [3.05, 3.63) is 48.0 Å². The first-order valence-electron chi connectivity index (χ1n) is 10.3. The van der Waals surface area contributed by atoms with Gasteiger partial charge in [0.15, 0.2) is 5.96 Å². The molecule has 0 spiro atoms. The summed E-state index contributed by atoms with van der Waals surface area (Å²) in [6.45, 7) is 10.9. The number of hydrogen-bond acceptors (Lipinski definition) is 5. The Morgan fingerprint density at radius 1 is 1.29 bits per heavy atom. The zero-order chi connectivity index (χ0) is 21.6. The maximum Gasteiger partial charge on any atom is 0.410 e. The van der Waals surface area contributed by atoms with Gasteiger partial charge in [-0.3, -0.25) is 0 Å². The molecule has 0 atom stereocenters. The zero-order valence-corrected chi connectivity index (χ0v) is 20.9. The van der Waals surface area contributed by atoms with Crippen LogP contribution in [0.4, 0.5) is 4.79 Å². The number of hydrogen-bond donors (Lipinski definition) is 2. The maximum atomic E-state index is 12.1. The van der Waals surface area contributed by atoms with Gasteiger partial charge < -0.3 is 20.3 Å². The molecule has 1 aromatic carbocycles. The van der Waals surface area contributed by atoms with Gasteiger partial charge in [-0.2, -0.15) is 5.10 Å². The van der Waals surface area contributed by atoms with Crippen LogP contribution in [0.1, 0.15) is 38.8 Å². The van der Waals surface area contributed by atoms with E-state index in [1.54, 1.807) is 15.9 Å². The lowest BCUT2D eigenvalue weighted by Gasteiger charge is -2.40. The Balaban J connectivity index is 0.00000341. The second-order valence-electron chi connectivity index (χ2n) is 8.33. The van der Waals surface area contributed by atoms with Crippen LogP contribution in [-0.2, 0) is 17.8 Å². The van der Waals surface area contributed by atoms with Gasteiger partial charge in [0.1, 0.15) is 18.3 Å². The number of benzene rings is 1. The Hall–Kier alpha value is -2.37. The van der Waals surface area contributed by atoms with Crippen LogP contribution in [0.2, 0.25) is 0 Å². The summed E-state index contributed by atoms with van der Waals surface area (Å²) in [5.74, 6) is 0.744. The zero-order valence-electron chi connectivity index (χ0n) is 18.5. The first kappa shape index (κ1) is 24.9. The fraction of sp³-hybridized carbons (Fsp3) is 0.524. The molecule has 170 valence electrons. The molecular formula is C21H32IN7O2. The highest BCUT2D eigenvalue weighted by Gasteiger charge is 2.34. The molecule has 2 heterocycles. The largest absolute Gasteiger partial charge is 0.444 e. The monoisotopic (exact) mass is 541 g/mol. The van der Waals surface area contributed by atoms with Gasteiger partial charge in [0.2, 0.25) is 0 Å². The third kappa shape index (κ3) is 8.00. The predicted octanol–water partition coefficient (Wildman–Crippen LogP) is 2.62. The Morgan fingerprint density at radius 2 is 2.03 bits per heavy atom. The van der Waals surface area contributed by atoms with E-state index in [2.05, 4.69) is 38.9 Å². The van der Waals surface area contributed by atoms with Crippen LogP contribution in [0.3, 0.4) is 0 Å². The third-order valence-electron chi connectivity index (χ3n) is 4.44. The second-order valence-corrected chi connectivity index (χ2v) is 8.33. The molecule has 0 radical (unpaired) electrons. The minimum atomic E-state index is -0.478. The van der Waals surface area contributed by atoms with Crippen molar-refractivity contribution in [3.63, 3.8) is 0 Å². The van der Waals surface area contributed by atoms with E-state index in [4.69, 9.17) is 9.73 Å². The molecule has 10 heteroatoms. The summed E-state index contributed by atoms with van der Waals surface area (Å²) in [6, 6.07) is 8.45. The number of nitrogens with zero attached hydrogens (tertiary/aromatic N) is 5. The molecule has 0 aliphatic carbocycles. The van der Waals surface area contributed by atoms with Gasteiger partial charge in [0, 0.05) is 19.6 Å². The molecule has 0 unspecified atom stereocenters. The summed E-state index contributed by atoms with van der Waals surface area (Å²) in [6.07, 6.45) is 2.97. The molecule has 3 rings (SSSR count). The molecule has 1 saturated heterocycles. The SMILES string of the molecule is CCNC(=NCc1cccc(Cn2cncn2)c1)NC1CN(C(=O)OC(C)(C)C)C1.I. The van der Waals surface area contributed by atoms with E-state index >= 15 is 0 Å². The average Bonchev–Trinajstić information content (AvgIpc) is 3.14. The fourth-order valence-electron chi connectivity index (χ4n) is 3.06. The molecule has 2 N–H and O–H groups in total. The highest BCUT2D eigenvalue weighted by molar-refractivity contribution is 14.0. The number of carbonyl (C=O) groups excluding carboxylic acids is 1. The van der Waals surface area contributed by atoms with Crippen LogP contribution in [-0.4, -0.2) is 63.0 Å². The number of aliphatic imine (C=N–C) groups is 1. The Kier molecular flexibility index (Phi) is 9.08. The topological polar surface area (TPSA) is 96.7 Å². The van der Waals surface area contributed by atoms with Gasteiger partial charge in [-0.05, 0) is 38.8 Å². The maximum absolute atomic E-state index is 12.1. The summed E-state index contributed by atoms with van der Waals surface area (Å²) in [5.41, 5.74) is 1.79. The van der Waals surface area contributed by atoms with E-state index < -0.39 is 5.60 Å². The number of nitrogens with one attached hydrogen (secondary N) is 2. The van der Waals surface area contributed by atoms with E-state index in [0.717, 1.165) is 23.6 Å². The quantitative estimate of drug-likeness (QED) is 0.332. The Morgan fingerprint density at radius 3 is 2.68 bits per heavy atom. The first-order valence-corrected chi connectivity index (χ1v) is 10.3. The standard InChI is InChI=1S/C21H31N7O2.HI/c1-5-23-19(26-18-12-27(13-18)20(29)30-21(2,3)4)24-10-16-7-6-8-17(9-16)11-28-15-22-14-25-28;/h6-9,14-15,18H,5,10-13H2,1-4H3,(H2,23,24,26);1H. The smallest absolute Gasteiger partial charge is 0.410 e. The van der Waals surface area contributed by atoms with E-state index in [1.807, 2.05) is 33.8 Å². The summed E-state index contributed by atoms with van der Waals surface area (Å²) >= 11 is 0. The summed E-state index contributed by atoms with van der Waals surface area (Å²) in [7, 11) is 0. The molecule has 9 nitrogen and oxygen atoms in total. The number of aromatic nitrogens is 3. The Labute approximate surface area is 200 Å². The molecule has 0 bridgehead atoms. The van der Waals surface area contributed by atoms with Gasteiger partial charge in [-0.15, -0.1) is 24.0 Å². The normalized spacial score (nSPS) is 14.5. The fourth-order valence-corrected chi connectivity index (χ4v) is 3.06. The molecule has 0 saturated carbocycles. The van der Waals surface area contributed by atoms with E-state index in [9.17, 15) is 4.79 Å². The highest BCUT2D eigenvalue weighted by atomic mass is 127. The molecular weight excluding hydrogens is 509 g/mol. The lowest BCUT2D eigenvalue weighted by molar-refractivity contribution is 0.00701.